The van der Waals surface area contributed by atoms with Gasteiger partial charge < -0.3 is 19.5 Å². The molecule has 0 saturated carbocycles. The number of fused-ring (bicyclic) bond motifs is 1. The highest BCUT2D eigenvalue weighted by Crippen LogP contribution is 2.20. The Morgan fingerprint density at radius 2 is 1.72 bits per heavy atom. The molecule has 0 bridgehead atoms. The number of thiophene rings is 1. The number of hydrogen-bond donors (Lipinski definition) is 0. The third-order valence-corrected chi connectivity index (χ3v) is 6.59. The molecule has 0 atom stereocenters. The summed E-state index contributed by atoms with van der Waals surface area (Å²) in [7, 11) is 1.65. The average Bonchev–Trinajstić information content (AvgIpc) is 3.29. The van der Waals surface area contributed by atoms with Gasteiger partial charge in [0.15, 0.2) is 0 Å². The molecule has 10 heteroatoms. The number of carboxylic acids is 1. The molecule has 0 aliphatic carbocycles. The van der Waals surface area contributed by atoms with Crippen molar-refractivity contribution in [1.29, 1.82) is 0 Å². The SMILES string of the molecule is COc1ccc(N2CCN(CCn3c(=O)c4cscc4n(CCC(=O)[O-])c3=O)CC2)cc1. The molecule has 170 valence electrons. The van der Waals surface area contributed by atoms with Crippen LogP contribution in [-0.2, 0) is 17.9 Å². The molecule has 0 radical (unpaired) electrons. The molecule has 0 spiro atoms. The monoisotopic (exact) mass is 457 g/mol. The highest BCUT2D eigenvalue weighted by atomic mass is 32.1. The molecule has 1 aliphatic rings. The number of aryl methyl sites for hydroxylation is 1. The summed E-state index contributed by atoms with van der Waals surface area (Å²) < 4.78 is 7.80. The molecule has 3 aromatic rings. The minimum atomic E-state index is -1.23. The summed E-state index contributed by atoms with van der Waals surface area (Å²) in [6.07, 6.45) is -0.281. The van der Waals surface area contributed by atoms with Crippen molar-refractivity contribution in [3.05, 3.63) is 55.9 Å². The topological polar surface area (TPSA) is 99.8 Å². The first-order valence-corrected chi connectivity index (χ1v) is 11.4. The van der Waals surface area contributed by atoms with Crippen molar-refractivity contribution in [3.8, 4) is 5.75 Å². The number of carboxylic acid groups (broad SMARTS) is 1. The smallest absolute Gasteiger partial charge is 0.331 e. The van der Waals surface area contributed by atoms with Gasteiger partial charge in [-0.1, -0.05) is 0 Å². The number of anilines is 1. The van der Waals surface area contributed by atoms with Crippen LogP contribution in [0.25, 0.3) is 10.9 Å². The number of carbonyl (C=O) groups excluding carboxylic acids is 1. The molecule has 0 unspecified atom stereocenters. The van der Waals surface area contributed by atoms with E-state index >= 15 is 0 Å². The summed E-state index contributed by atoms with van der Waals surface area (Å²) in [5.41, 5.74) is 0.822. The number of hydrogen-bond acceptors (Lipinski definition) is 8. The molecule has 1 fully saturated rings. The zero-order valence-electron chi connectivity index (χ0n) is 17.9. The van der Waals surface area contributed by atoms with E-state index in [1.54, 1.807) is 17.9 Å². The maximum Gasteiger partial charge on any atom is 0.331 e. The van der Waals surface area contributed by atoms with Crippen LogP contribution in [0.4, 0.5) is 5.69 Å². The minimum absolute atomic E-state index is 0.0186. The maximum atomic E-state index is 13.0. The predicted octanol–water partition coefficient (Wildman–Crippen LogP) is 0.196. The quantitative estimate of drug-likeness (QED) is 0.476. The number of rotatable bonds is 8. The van der Waals surface area contributed by atoms with Gasteiger partial charge in [-0.15, -0.1) is 11.3 Å². The Kier molecular flexibility index (Phi) is 6.61. The van der Waals surface area contributed by atoms with Crippen molar-refractivity contribution in [1.82, 2.24) is 14.0 Å². The second-order valence-corrected chi connectivity index (χ2v) is 8.45. The van der Waals surface area contributed by atoms with E-state index in [-0.39, 0.29) is 25.1 Å². The van der Waals surface area contributed by atoms with Crippen LogP contribution < -0.4 is 26.0 Å². The molecular weight excluding hydrogens is 432 g/mol. The van der Waals surface area contributed by atoms with E-state index in [4.69, 9.17) is 4.74 Å². The lowest BCUT2D eigenvalue weighted by Crippen LogP contribution is -2.49. The minimum Gasteiger partial charge on any atom is -0.550 e. The first-order chi connectivity index (χ1) is 15.5. The van der Waals surface area contributed by atoms with Crippen LogP contribution in [0.5, 0.6) is 5.75 Å². The molecular formula is C22H25N4O5S-. The van der Waals surface area contributed by atoms with Crippen LogP contribution >= 0.6 is 11.3 Å². The molecule has 1 aromatic carbocycles. The fourth-order valence-corrected chi connectivity index (χ4v) is 4.83. The average molecular weight is 458 g/mol. The number of aliphatic carboxylic acids is 1. The number of carbonyl (C=O) groups is 1. The molecule has 9 nitrogen and oxygen atoms in total. The molecule has 2 aromatic heterocycles. The van der Waals surface area contributed by atoms with Gasteiger partial charge in [-0.2, -0.15) is 0 Å². The number of methoxy groups -OCH3 is 1. The first kappa shape index (κ1) is 22.1. The highest BCUT2D eigenvalue weighted by molar-refractivity contribution is 7.09. The maximum absolute atomic E-state index is 13.0. The van der Waals surface area contributed by atoms with E-state index in [9.17, 15) is 19.5 Å². The lowest BCUT2D eigenvalue weighted by Gasteiger charge is -2.36. The summed E-state index contributed by atoms with van der Waals surface area (Å²) in [5, 5.41) is 14.7. The lowest BCUT2D eigenvalue weighted by molar-refractivity contribution is -0.305. The van der Waals surface area contributed by atoms with Crippen LogP contribution in [0.15, 0.2) is 44.6 Å². The van der Waals surface area contributed by atoms with E-state index in [2.05, 4.69) is 9.80 Å². The number of nitrogens with zero attached hydrogens (tertiary/aromatic N) is 4. The van der Waals surface area contributed by atoms with Crippen molar-refractivity contribution in [2.24, 2.45) is 0 Å². The van der Waals surface area contributed by atoms with Gasteiger partial charge in [0.25, 0.3) is 5.56 Å². The van der Waals surface area contributed by atoms with Gasteiger partial charge in [-0.05, 0) is 24.3 Å². The van der Waals surface area contributed by atoms with E-state index in [0.717, 1.165) is 37.6 Å². The largest absolute Gasteiger partial charge is 0.550 e. The molecule has 4 rings (SSSR count). The van der Waals surface area contributed by atoms with Gasteiger partial charge in [-0.25, -0.2) is 4.79 Å². The Labute approximate surface area is 188 Å². The second-order valence-electron chi connectivity index (χ2n) is 7.71. The van der Waals surface area contributed by atoms with Gasteiger partial charge in [0.2, 0.25) is 0 Å². The van der Waals surface area contributed by atoms with Crippen molar-refractivity contribution in [2.45, 2.75) is 19.5 Å². The lowest BCUT2D eigenvalue weighted by atomic mass is 10.2. The number of ether oxygens (including phenoxy) is 1. The predicted molar refractivity (Wildman–Crippen MR) is 122 cm³/mol. The number of piperazine rings is 1. The first-order valence-electron chi connectivity index (χ1n) is 10.5. The molecule has 0 N–H and O–H groups in total. The summed E-state index contributed by atoms with van der Waals surface area (Å²) in [6.45, 7) is 4.15. The summed E-state index contributed by atoms with van der Waals surface area (Å²) in [6, 6.07) is 7.97. The zero-order valence-corrected chi connectivity index (χ0v) is 18.7. The molecule has 0 amide bonds. The Morgan fingerprint density at radius 1 is 1.00 bits per heavy atom. The van der Waals surface area contributed by atoms with Crippen LogP contribution in [0.3, 0.4) is 0 Å². The van der Waals surface area contributed by atoms with E-state index in [1.807, 2.05) is 24.3 Å². The summed E-state index contributed by atoms with van der Waals surface area (Å²) in [5.74, 6) is -0.404. The third kappa shape index (κ3) is 4.56. The second kappa shape index (κ2) is 9.58. The van der Waals surface area contributed by atoms with Crippen molar-refractivity contribution in [3.63, 3.8) is 0 Å². The van der Waals surface area contributed by atoms with Crippen molar-refractivity contribution in [2.75, 3.05) is 44.7 Å². The zero-order chi connectivity index (χ0) is 22.7. The van der Waals surface area contributed by atoms with Crippen molar-refractivity contribution < 1.29 is 14.6 Å². The Hall–Kier alpha value is -3.11. The van der Waals surface area contributed by atoms with Gasteiger partial charge in [-0.3, -0.25) is 18.8 Å². The molecule has 1 aliphatic heterocycles. The third-order valence-electron chi connectivity index (χ3n) is 5.86. The number of aromatic nitrogens is 2. The fourth-order valence-electron chi connectivity index (χ4n) is 4.02. The van der Waals surface area contributed by atoms with Gasteiger partial charge >= 0.3 is 5.69 Å². The van der Waals surface area contributed by atoms with Crippen LogP contribution in [0.2, 0.25) is 0 Å². The van der Waals surface area contributed by atoms with Crippen LogP contribution in [0, 0.1) is 0 Å². The van der Waals surface area contributed by atoms with E-state index in [0.29, 0.717) is 17.4 Å². The molecule has 32 heavy (non-hydrogen) atoms. The standard InChI is InChI=1S/C22H26N4O5S/c1-31-17-4-2-16(3-5-17)24-11-8-23(9-12-24)10-13-26-21(29)18-14-32-15-19(18)25(22(26)30)7-6-20(27)28/h2-5,14-15H,6-13H2,1H3,(H,27,28)/p-1. The summed E-state index contributed by atoms with van der Waals surface area (Å²) in [4.78, 5) is 41.2. The Balaban J connectivity index is 1.44. The van der Waals surface area contributed by atoms with Gasteiger partial charge in [0.1, 0.15) is 5.75 Å². The van der Waals surface area contributed by atoms with Gasteiger partial charge in [0.05, 0.1) is 18.0 Å². The molecule has 1 saturated heterocycles. The highest BCUT2D eigenvalue weighted by Gasteiger charge is 2.19. The van der Waals surface area contributed by atoms with Crippen LogP contribution in [-0.4, -0.2) is 59.8 Å². The fraction of sp³-hybridized carbons (Fsp3) is 0.409. The molecule has 3 heterocycles. The summed E-state index contributed by atoms with van der Waals surface area (Å²) >= 11 is 1.32. The van der Waals surface area contributed by atoms with E-state index in [1.165, 1.54) is 20.5 Å². The Morgan fingerprint density at radius 3 is 2.38 bits per heavy atom. The normalized spacial score (nSPS) is 14.7. The van der Waals surface area contributed by atoms with Crippen LogP contribution in [0.1, 0.15) is 6.42 Å². The number of benzene rings is 1. The van der Waals surface area contributed by atoms with E-state index < -0.39 is 11.7 Å². The van der Waals surface area contributed by atoms with Gasteiger partial charge in [0, 0.05) is 74.7 Å². The van der Waals surface area contributed by atoms with Crippen molar-refractivity contribution >= 4 is 33.9 Å². The Bertz CT molecular complexity index is 1210.